The number of hydrogen-bond acceptors (Lipinski definition) is 7. The Labute approximate surface area is 117 Å². The van der Waals surface area contributed by atoms with Crippen LogP contribution in [0.2, 0.25) is 0 Å². The summed E-state index contributed by atoms with van der Waals surface area (Å²) in [6, 6.07) is 0. The minimum Gasteiger partial charge on any atom is -0.394 e. The Morgan fingerprint density at radius 2 is 2.21 bits per heavy atom. The van der Waals surface area contributed by atoms with Crippen LogP contribution in [0.25, 0.3) is 0 Å². The fraction of sp³-hybridized carbons (Fsp3) is 0.833. The van der Waals surface area contributed by atoms with Gasteiger partial charge in [-0.15, -0.1) is 10.2 Å². The second kappa shape index (κ2) is 7.74. The molecule has 0 unspecified atom stereocenters. The van der Waals surface area contributed by atoms with Crippen molar-refractivity contribution in [2.75, 3.05) is 38.2 Å². The number of rotatable bonds is 7. The van der Waals surface area contributed by atoms with Crippen LogP contribution in [0.4, 0.5) is 5.13 Å². The van der Waals surface area contributed by atoms with Crippen LogP contribution in [0.1, 0.15) is 24.8 Å². The first-order chi connectivity index (χ1) is 9.31. The van der Waals surface area contributed by atoms with Crippen molar-refractivity contribution in [1.82, 2.24) is 15.1 Å². The van der Waals surface area contributed by atoms with E-state index >= 15 is 0 Å². The number of likely N-dealkylation sites (tertiary alicyclic amines) is 1. The molecule has 2 heterocycles. The number of aromatic nitrogens is 2. The highest BCUT2D eigenvalue weighted by molar-refractivity contribution is 7.15. The number of nitrogens with one attached hydrogen (secondary N) is 1. The second-order valence-corrected chi connectivity index (χ2v) is 5.66. The predicted molar refractivity (Wildman–Crippen MR) is 75.4 cm³/mol. The number of anilines is 1. The summed E-state index contributed by atoms with van der Waals surface area (Å²) in [7, 11) is 0. The third kappa shape index (κ3) is 4.68. The molecule has 1 aromatic heterocycles. The van der Waals surface area contributed by atoms with Gasteiger partial charge in [0.1, 0.15) is 5.01 Å². The lowest BCUT2D eigenvalue weighted by Gasteiger charge is -2.31. The third-order valence-electron chi connectivity index (χ3n) is 3.13. The average Bonchev–Trinajstić information content (AvgIpc) is 2.86. The largest absolute Gasteiger partial charge is 0.394 e. The van der Waals surface area contributed by atoms with E-state index in [0.717, 1.165) is 49.2 Å². The summed E-state index contributed by atoms with van der Waals surface area (Å²) in [6.07, 6.45) is 2.35. The Balaban J connectivity index is 1.72. The molecule has 0 amide bonds. The first kappa shape index (κ1) is 14.6. The van der Waals surface area contributed by atoms with Gasteiger partial charge in [-0.1, -0.05) is 11.3 Å². The summed E-state index contributed by atoms with van der Waals surface area (Å²) in [5.74, 6) is 0. The summed E-state index contributed by atoms with van der Waals surface area (Å²) < 4.78 is 5.55. The van der Waals surface area contributed by atoms with E-state index in [1.165, 1.54) is 0 Å². The molecule has 2 N–H and O–H groups in total. The van der Waals surface area contributed by atoms with Gasteiger partial charge in [0.25, 0.3) is 0 Å². The van der Waals surface area contributed by atoms with E-state index < -0.39 is 0 Å². The molecule has 19 heavy (non-hydrogen) atoms. The molecule has 0 radical (unpaired) electrons. The third-order valence-corrected chi connectivity index (χ3v) is 4.00. The number of piperidine rings is 1. The van der Waals surface area contributed by atoms with E-state index in [9.17, 15) is 0 Å². The quantitative estimate of drug-likeness (QED) is 0.777. The highest BCUT2D eigenvalue weighted by atomic mass is 32.1. The zero-order chi connectivity index (χ0) is 13.5. The van der Waals surface area contributed by atoms with Gasteiger partial charge < -0.3 is 15.2 Å². The summed E-state index contributed by atoms with van der Waals surface area (Å²) in [5, 5.41) is 22.2. The van der Waals surface area contributed by atoms with Gasteiger partial charge >= 0.3 is 0 Å². The molecule has 6 nitrogen and oxygen atoms in total. The SMILES string of the molecule is CCNc1nnc(CN2CCC(OCCO)CC2)s1. The minimum atomic E-state index is 0.109. The molecule has 1 aromatic rings. The van der Waals surface area contributed by atoms with Gasteiger partial charge in [-0.25, -0.2) is 0 Å². The van der Waals surface area contributed by atoms with Crippen LogP contribution in [0.5, 0.6) is 0 Å². The lowest BCUT2D eigenvalue weighted by Crippen LogP contribution is -2.36. The molecular formula is C12H22N4O2S. The van der Waals surface area contributed by atoms with Crippen LogP contribution in [0, 0.1) is 0 Å². The van der Waals surface area contributed by atoms with Crippen LogP contribution in [-0.2, 0) is 11.3 Å². The minimum absolute atomic E-state index is 0.109. The molecule has 0 aromatic carbocycles. The van der Waals surface area contributed by atoms with Crippen molar-refractivity contribution in [1.29, 1.82) is 0 Å². The van der Waals surface area contributed by atoms with Crippen molar-refractivity contribution in [3.8, 4) is 0 Å². The lowest BCUT2D eigenvalue weighted by atomic mass is 10.1. The Kier molecular flexibility index (Phi) is 5.96. The smallest absolute Gasteiger partial charge is 0.205 e. The highest BCUT2D eigenvalue weighted by Crippen LogP contribution is 2.20. The molecular weight excluding hydrogens is 264 g/mol. The van der Waals surface area contributed by atoms with Gasteiger partial charge in [-0.3, -0.25) is 4.90 Å². The van der Waals surface area contributed by atoms with Crippen LogP contribution in [0.15, 0.2) is 0 Å². The molecule has 1 saturated heterocycles. The monoisotopic (exact) mass is 286 g/mol. The topological polar surface area (TPSA) is 70.5 Å². The first-order valence-corrected chi connectivity index (χ1v) is 7.64. The van der Waals surface area contributed by atoms with Crippen molar-refractivity contribution >= 4 is 16.5 Å². The van der Waals surface area contributed by atoms with Crippen molar-refractivity contribution in [3.63, 3.8) is 0 Å². The van der Waals surface area contributed by atoms with E-state index in [0.29, 0.717) is 12.7 Å². The number of hydrogen-bond donors (Lipinski definition) is 2. The van der Waals surface area contributed by atoms with E-state index in [4.69, 9.17) is 9.84 Å². The molecule has 2 rings (SSSR count). The highest BCUT2D eigenvalue weighted by Gasteiger charge is 2.20. The zero-order valence-electron chi connectivity index (χ0n) is 11.3. The maximum atomic E-state index is 8.73. The fourth-order valence-electron chi connectivity index (χ4n) is 2.18. The van der Waals surface area contributed by atoms with Gasteiger partial charge in [0.2, 0.25) is 5.13 Å². The van der Waals surface area contributed by atoms with Crippen molar-refractivity contribution in [3.05, 3.63) is 5.01 Å². The van der Waals surface area contributed by atoms with Crippen LogP contribution in [-0.4, -0.2) is 59.2 Å². The maximum absolute atomic E-state index is 8.73. The molecule has 0 bridgehead atoms. The molecule has 0 spiro atoms. The summed E-state index contributed by atoms with van der Waals surface area (Å²) in [4.78, 5) is 2.38. The molecule has 1 aliphatic rings. The van der Waals surface area contributed by atoms with Gasteiger partial charge in [-0.05, 0) is 19.8 Å². The Hall–Kier alpha value is -0.760. The Morgan fingerprint density at radius 1 is 1.42 bits per heavy atom. The summed E-state index contributed by atoms with van der Waals surface area (Å²) >= 11 is 1.63. The van der Waals surface area contributed by atoms with Gasteiger partial charge in [0.15, 0.2) is 0 Å². The molecule has 1 fully saturated rings. The van der Waals surface area contributed by atoms with Crippen LogP contribution < -0.4 is 5.32 Å². The second-order valence-electron chi connectivity index (χ2n) is 4.60. The lowest BCUT2D eigenvalue weighted by molar-refractivity contribution is -0.00904. The van der Waals surface area contributed by atoms with E-state index in [2.05, 4.69) is 27.3 Å². The summed E-state index contributed by atoms with van der Waals surface area (Å²) in [5.41, 5.74) is 0. The molecule has 108 valence electrons. The number of ether oxygens (including phenoxy) is 1. The average molecular weight is 286 g/mol. The van der Waals surface area contributed by atoms with Gasteiger partial charge in [0.05, 0.1) is 25.9 Å². The molecule has 7 heteroatoms. The van der Waals surface area contributed by atoms with Crippen LogP contribution >= 0.6 is 11.3 Å². The van der Waals surface area contributed by atoms with Crippen molar-refractivity contribution in [2.24, 2.45) is 0 Å². The fourth-order valence-corrected chi connectivity index (χ4v) is 3.03. The van der Waals surface area contributed by atoms with Gasteiger partial charge in [-0.2, -0.15) is 0 Å². The zero-order valence-corrected chi connectivity index (χ0v) is 12.2. The summed E-state index contributed by atoms with van der Waals surface area (Å²) in [6.45, 7) is 6.40. The predicted octanol–water partition coefficient (Wildman–Crippen LogP) is 0.943. The molecule has 0 aliphatic carbocycles. The molecule has 0 saturated carbocycles. The van der Waals surface area contributed by atoms with Gasteiger partial charge in [0, 0.05) is 19.6 Å². The Bertz CT molecular complexity index is 366. The number of nitrogens with zero attached hydrogens (tertiary/aromatic N) is 3. The standard InChI is InChI=1S/C12H22N4O2S/c1-2-13-12-15-14-11(19-12)9-16-5-3-10(4-6-16)18-8-7-17/h10,17H,2-9H2,1H3,(H,13,15). The first-order valence-electron chi connectivity index (χ1n) is 6.83. The molecule has 1 aliphatic heterocycles. The van der Waals surface area contributed by atoms with E-state index in [1.807, 2.05) is 0 Å². The van der Waals surface area contributed by atoms with Crippen LogP contribution in [0.3, 0.4) is 0 Å². The number of aliphatic hydroxyl groups is 1. The maximum Gasteiger partial charge on any atom is 0.205 e. The Morgan fingerprint density at radius 3 is 2.89 bits per heavy atom. The van der Waals surface area contributed by atoms with Crippen molar-refractivity contribution < 1.29 is 9.84 Å². The normalized spacial score (nSPS) is 17.8. The van der Waals surface area contributed by atoms with Crippen molar-refractivity contribution in [2.45, 2.75) is 32.4 Å². The van der Waals surface area contributed by atoms with E-state index in [-0.39, 0.29) is 6.61 Å². The van der Waals surface area contributed by atoms with E-state index in [1.54, 1.807) is 11.3 Å². The molecule has 0 atom stereocenters. The number of aliphatic hydroxyl groups excluding tert-OH is 1.